The molecule has 0 radical (unpaired) electrons. The first-order valence-corrected chi connectivity index (χ1v) is 5.22. The molecule has 0 bridgehead atoms. The lowest BCUT2D eigenvalue weighted by atomic mass is 10.1. The van der Waals surface area contributed by atoms with Crippen LogP contribution in [0.3, 0.4) is 0 Å². The van der Waals surface area contributed by atoms with Gasteiger partial charge in [-0.05, 0) is 20.8 Å². The molecular formula is C12H17N3O. The summed E-state index contributed by atoms with van der Waals surface area (Å²) in [4.78, 5) is 16.0. The quantitative estimate of drug-likeness (QED) is 0.618. The Hall–Kier alpha value is -1.76. The van der Waals surface area contributed by atoms with Gasteiger partial charge in [0.05, 0.1) is 0 Å². The standard InChI is InChI=1S/C12H17N3O/c1-5-6-7-13-10-11(16)15(9-8-14-10)12(2,3)4/h1,8-9H,6-7H2,2-4H3,(H,13,14). The maximum atomic E-state index is 12.0. The second kappa shape index (κ2) is 4.84. The van der Waals surface area contributed by atoms with Crippen LogP contribution in [-0.2, 0) is 5.54 Å². The smallest absolute Gasteiger partial charge is 0.293 e. The van der Waals surface area contributed by atoms with Crippen LogP contribution in [0.5, 0.6) is 0 Å². The van der Waals surface area contributed by atoms with Crippen LogP contribution in [0.4, 0.5) is 5.82 Å². The monoisotopic (exact) mass is 219 g/mol. The maximum Gasteiger partial charge on any atom is 0.293 e. The molecule has 86 valence electrons. The normalized spacial score (nSPS) is 10.9. The van der Waals surface area contributed by atoms with Gasteiger partial charge in [0.15, 0.2) is 5.82 Å². The van der Waals surface area contributed by atoms with Gasteiger partial charge in [-0.15, -0.1) is 12.3 Å². The number of nitrogens with zero attached hydrogens (tertiary/aromatic N) is 2. The van der Waals surface area contributed by atoms with E-state index in [1.165, 1.54) is 0 Å². The van der Waals surface area contributed by atoms with Crippen molar-refractivity contribution in [2.45, 2.75) is 32.7 Å². The Morgan fingerprint density at radius 3 is 2.81 bits per heavy atom. The molecular weight excluding hydrogens is 202 g/mol. The summed E-state index contributed by atoms with van der Waals surface area (Å²) in [5.74, 6) is 2.86. The molecule has 0 spiro atoms. The van der Waals surface area contributed by atoms with Crippen molar-refractivity contribution in [1.82, 2.24) is 9.55 Å². The highest BCUT2D eigenvalue weighted by Crippen LogP contribution is 2.10. The Morgan fingerprint density at radius 1 is 1.56 bits per heavy atom. The summed E-state index contributed by atoms with van der Waals surface area (Å²) in [5, 5.41) is 2.94. The Morgan fingerprint density at radius 2 is 2.25 bits per heavy atom. The van der Waals surface area contributed by atoms with Crippen molar-refractivity contribution >= 4 is 5.82 Å². The van der Waals surface area contributed by atoms with Crippen LogP contribution < -0.4 is 10.9 Å². The Kier molecular flexibility index (Phi) is 3.73. The third kappa shape index (κ3) is 2.86. The highest BCUT2D eigenvalue weighted by Gasteiger charge is 2.16. The van der Waals surface area contributed by atoms with E-state index in [1.807, 2.05) is 20.8 Å². The molecule has 0 fully saturated rings. The first-order chi connectivity index (χ1) is 7.46. The van der Waals surface area contributed by atoms with Crippen molar-refractivity contribution in [2.24, 2.45) is 0 Å². The number of hydrogen-bond donors (Lipinski definition) is 1. The van der Waals surface area contributed by atoms with Gasteiger partial charge in [0.1, 0.15) is 0 Å². The zero-order chi connectivity index (χ0) is 12.2. The fraction of sp³-hybridized carbons (Fsp3) is 0.500. The van der Waals surface area contributed by atoms with Crippen molar-refractivity contribution in [3.8, 4) is 12.3 Å². The fourth-order valence-corrected chi connectivity index (χ4v) is 1.31. The van der Waals surface area contributed by atoms with Gasteiger partial charge < -0.3 is 9.88 Å². The molecule has 0 aromatic carbocycles. The highest BCUT2D eigenvalue weighted by atomic mass is 16.1. The minimum atomic E-state index is -0.247. The molecule has 0 saturated heterocycles. The molecule has 0 aliphatic heterocycles. The highest BCUT2D eigenvalue weighted by molar-refractivity contribution is 5.31. The van der Waals surface area contributed by atoms with Gasteiger partial charge in [0, 0.05) is 30.9 Å². The van der Waals surface area contributed by atoms with E-state index in [2.05, 4.69) is 16.2 Å². The first-order valence-electron chi connectivity index (χ1n) is 5.22. The largest absolute Gasteiger partial charge is 0.365 e. The lowest BCUT2D eigenvalue weighted by Gasteiger charge is -2.22. The average Bonchev–Trinajstić information content (AvgIpc) is 2.19. The molecule has 1 aromatic heterocycles. The van der Waals surface area contributed by atoms with E-state index in [4.69, 9.17) is 6.42 Å². The van der Waals surface area contributed by atoms with Gasteiger partial charge in [0.2, 0.25) is 0 Å². The number of hydrogen-bond acceptors (Lipinski definition) is 3. The molecule has 4 heteroatoms. The second-order valence-corrected chi connectivity index (χ2v) is 4.50. The van der Waals surface area contributed by atoms with E-state index in [9.17, 15) is 4.79 Å². The summed E-state index contributed by atoms with van der Waals surface area (Å²) in [6.07, 6.45) is 9.02. The van der Waals surface area contributed by atoms with Gasteiger partial charge in [-0.25, -0.2) is 4.98 Å². The topological polar surface area (TPSA) is 46.9 Å². The van der Waals surface area contributed by atoms with E-state index in [0.29, 0.717) is 18.8 Å². The lowest BCUT2D eigenvalue weighted by molar-refractivity contribution is 0.383. The van der Waals surface area contributed by atoms with E-state index in [-0.39, 0.29) is 11.1 Å². The first kappa shape index (κ1) is 12.3. The van der Waals surface area contributed by atoms with Gasteiger partial charge in [0.25, 0.3) is 5.56 Å². The van der Waals surface area contributed by atoms with Crippen molar-refractivity contribution < 1.29 is 0 Å². The van der Waals surface area contributed by atoms with E-state index < -0.39 is 0 Å². The fourth-order valence-electron chi connectivity index (χ4n) is 1.31. The molecule has 1 heterocycles. The Bertz CT molecular complexity index is 449. The molecule has 0 unspecified atom stereocenters. The van der Waals surface area contributed by atoms with Crippen LogP contribution in [0, 0.1) is 12.3 Å². The van der Waals surface area contributed by atoms with Crippen molar-refractivity contribution in [3.63, 3.8) is 0 Å². The second-order valence-electron chi connectivity index (χ2n) is 4.50. The van der Waals surface area contributed by atoms with Crippen LogP contribution in [0.1, 0.15) is 27.2 Å². The molecule has 1 N–H and O–H groups in total. The number of terminal acetylenes is 1. The van der Waals surface area contributed by atoms with Gasteiger partial charge in [-0.3, -0.25) is 4.79 Å². The predicted octanol–water partition coefficient (Wildman–Crippen LogP) is 1.43. The van der Waals surface area contributed by atoms with E-state index in [0.717, 1.165) is 0 Å². The van der Waals surface area contributed by atoms with Crippen LogP contribution in [0.15, 0.2) is 17.2 Å². The molecule has 0 aliphatic carbocycles. The van der Waals surface area contributed by atoms with Gasteiger partial charge in [-0.1, -0.05) is 0 Å². The summed E-state index contributed by atoms with van der Waals surface area (Å²) in [5.41, 5.74) is -0.366. The summed E-state index contributed by atoms with van der Waals surface area (Å²) in [6, 6.07) is 0. The molecule has 4 nitrogen and oxygen atoms in total. The summed E-state index contributed by atoms with van der Waals surface area (Å²) in [7, 11) is 0. The molecule has 1 aromatic rings. The Labute approximate surface area is 95.7 Å². The van der Waals surface area contributed by atoms with Gasteiger partial charge in [-0.2, -0.15) is 0 Å². The maximum absolute atomic E-state index is 12.0. The number of anilines is 1. The van der Waals surface area contributed by atoms with Crippen LogP contribution in [-0.4, -0.2) is 16.1 Å². The molecule has 1 rings (SSSR count). The van der Waals surface area contributed by atoms with Crippen LogP contribution >= 0.6 is 0 Å². The SMILES string of the molecule is C#CCCNc1nccn(C(C)(C)C)c1=O. The van der Waals surface area contributed by atoms with Crippen LogP contribution in [0.2, 0.25) is 0 Å². The summed E-state index contributed by atoms with van der Waals surface area (Å²) >= 11 is 0. The van der Waals surface area contributed by atoms with E-state index in [1.54, 1.807) is 17.0 Å². The minimum absolute atomic E-state index is 0.118. The summed E-state index contributed by atoms with van der Waals surface area (Å²) in [6.45, 7) is 6.48. The van der Waals surface area contributed by atoms with Crippen LogP contribution in [0.25, 0.3) is 0 Å². The van der Waals surface area contributed by atoms with E-state index >= 15 is 0 Å². The zero-order valence-corrected chi connectivity index (χ0v) is 9.95. The predicted molar refractivity (Wildman–Crippen MR) is 65.4 cm³/mol. The molecule has 0 aliphatic rings. The number of aromatic nitrogens is 2. The lowest BCUT2D eigenvalue weighted by Crippen LogP contribution is -2.35. The number of rotatable bonds is 3. The van der Waals surface area contributed by atoms with Crippen molar-refractivity contribution in [1.29, 1.82) is 0 Å². The average molecular weight is 219 g/mol. The molecule has 0 amide bonds. The molecule has 16 heavy (non-hydrogen) atoms. The summed E-state index contributed by atoms with van der Waals surface area (Å²) < 4.78 is 1.65. The third-order valence-corrected chi connectivity index (χ3v) is 2.13. The van der Waals surface area contributed by atoms with Crippen molar-refractivity contribution in [2.75, 3.05) is 11.9 Å². The minimum Gasteiger partial charge on any atom is -0.365 e. The zero-order valence-electron chi connectivity index (χ0n) is 9.95. The third-order valence-electron chi connectivity index (χ3n) is 2.13. The van der Waals surface area contributed by atoms with Crippen molar-refractivity contribution in [3.05, 3.63) is 22.7 Å². The number of nitrogens with one attached hydrogen (secondary N) is 1. The van der Waals surface area contributed by atoms with Gasteiger partial charge >= 0.3 is 0 Å². The Balaban J connectivity index is 2.97. The molecule has 0 atom stereocenters. The molecule has 0 saturated carbocycles.